The van der Waals surface area contributed by atoms with Crippen LogP contribution in [-0.4, -0.2) is 25.5 Å². The number of aryl methyl sites for hydroxylation is 1. The van der Waals surface area contributed by atoms with Crippen LogP contribution in [0.15, 0.2) is 97.1 Å². The van der Waals surface area contributed by atoms with Crippen molar-refractivity contribution >= 4 is 22.6 Å². The lowest BCUT2D eigenvalue weighted by molar-refractivity contribution is 0.449. The van der Waals surface area contributed by atoms with Crippen molar-refractivity contribution in [3.63, 3.8) is 0 Å². The highest BCUT2D eigenvalue weighted by atomic mass is 127. The van der Waals surface area contributed by atoms with Crippen molar-refractivity contribution in [2.45, 2.75) is 12.8 Å². The van der Waals surface area contributed by atoms with E-state index >= 15 is 0 Å². The number of phenols is 5. The first-order chi connectivity index (χ1) is 18.2. The van der Waals surface area contributed by atoms with E-state index in [2.05, 4.69) is 22.6 Å². The minimum Gasteiger partial charge on any atom is -0.508 e. The SMILES string of the molecule is Cc1cc(I)cc(C(c2cc(-c3ccc(O)cc3)ccc2O)c2cc(-c3ccc(O)cc3)ccc2O)c1O. The molecule has 0 spiro atoms. The van der Waals surface area contributed by atoms with E-state index in [1.807, 2.05) is 31.2 Å². The van der Waals surface area contributed by atoms with E-state index in [1.54, 1.807) is 72.8 Å². The third kappa shape index (κ3) is 4.99. The predicted molar refractivity (Wildman–Crippen MR) is 157 cm³/mol. The second kappa shape index (κ2) is 10.3. The summed E-state index contributed by atoms with van der Waals surface area (Å²) in [5, 5.41) is 52.9. The monoisotopic (exact) mass is 616 g/mol. The molecule has 0 heterocycles. The fourth-order valence-electron chi connectivity index (χ4n) is 4.72. The molecule has 0 aromatic heterocycles. The van der Waals surface area contributed by atoms with Gasteiger partial charge in [-0.3, -0.25) is 0 Å². The molecule has 5 N–H and O–H groups in total. The van der Waals surface area contributed by atoms with Crippen molar-refractivity contribution in [3.05, 3.63) is 123 Å². The summed E-state index contributed by atoms with van der Waals surface area (Å²) < 4.78 is 0.904. The van der Waals surface area contributed by atoms with Crippen molar-refractivity contribution in [2.24, 2.45) is 0 Å². The van der Waals surface area contributed by atoms with Crippen molar-refractivity contribution in [2.75, 3.05) is 0 Å². The smallest absolute Gasteiger partial charge is 0.122 e. The van der Waals surface area contributed by atoms with E-state index < -0.39 is 5.92 Å². The van der Waals surface area contributed by atoms with E-state index in [-0.39, 0.29) is 28.7 Å². The molecule has 5 nitrogen and oxygen atoms in total. The highest BCUT2D eigenvalue weighted by Gasteiger charge is 2.27. The summed E-state index contributed by atoms with van der Waals surface area (Å²) in [7, 11) is 0. The number of rotatable bonds is 5. The van der Waals surface area contributed by atoms with Crippen LogP contribution in [0.2, 0.25) is 0 Å². The Kier molecular flexibility index (Phi) is 6.91. The normalized spacial score (nSPS) is 11.1. The minimum absolute atomic E-state index is 0.0166. The molecule has 0 radical (unpaired) electrons. The summed E-state index contributed by atoms with van der Waals surface area (Å²) >= 11 is 2.19. The van der Waals surface area contributed by atoms with E-state index in [1.165, 1.54) is 0 Å². The molecular weight excluding hydrogens is 591 g/mol. The van der Waals surface area contributed by atoms with E-state index in [0.29, 0.717) is 22.3 Å². The second-order valence-electron chi connectivity index (χ2n) is 9.23. The first-order valence-corrected chi connectivity index (χ1v) is 13.0. The third-order valence-corrected chi connectivity index (χ3v) is 7.31. The van der Waals surface area contributed by atoms with Gasteiger partial charge in [0, 0.05) is 26.2 Å². The maximum Gasteiger partial charge on any atom is 0.122 e. The van der Waals surface area contributed by atoms with Gasteiger partial charge in [-0.1, -0.05) is 36.4 Å². The van der Waals surface area contributed by atoms with Crippen LogP contribution in [0.1, 0.15) is 28.2 Å². The molecule has 6 heteroatoms. The van der Waals surface area contributed by atoms with Crippen LogP contribution in [0.25, 0.3) is 22.3 Å². The van der Waals surface area contributed by atoms with Crippen molar-refractivity contribution in [1.82, 2.24) is 0 Å². The van der Waals surface area contributed by atoms with E-state index in [0.717, 1.165) is 25.8 Å². The van der Waals surface area contributed by atoms with Gasteiger partial charge in [-0.2, -0.15) is 0 Å². The fraction of sp³-hybridized carbons (Fsp3) is 0.0625. The maximum absolute atomic E-state index is 11.2. The van der Waals surface area contributed by atoms with Crippen LogP contribution >= 0.6 is 22.6 Å². The lowest BCUT2D eigenvalue weighted by Crippen LogP contribution is -2.07. The van der Waals surface area contributed by atoms with Gasteiger partial charge in [-0.15, -0.1) is 0 Å². The van der Waals surface area contributed by atoms with Crippen LogP contribution in [-0.2, 0) is 0 Å². The zero-order chi connectivity index (χ0) is 27.0. The van der Waals surface area contributed by atoms with Crippen molar-refractivity contribution < 1.29 is 25.5 Å². The number of aromatic hydroxyl groups is 5. The summed E-state index contributed by atoms with van der Waals surface area (Å²) in [5.41, 5.74) is 5.53. The molecule has 0 atom stereocenters. The summed E-state index contributed by atoms with van der Waals surface area (Å²) in [5.74, 6) is -0.288. The zero-order valence-corrected chi connectivity index (χ0v) is 22.6. The Morgan fingerprint density at radius 3 is 1.37 bits per heavy atom. The Hall–Kier alpha value is -4.17. The highest BCUT2D eigenvalue weighted by molar-refractivity contribution is 14.1. The van der Waals surface area contributed by atoms with Gasteiger partial charge in [0.1, 0.15) is 28.7 Å². The largest absolute Gasteiger partial charge is 0.508 e. The molecule has 0 unspecified atom stereocenters. The quantitative estimate of drug-likeness (QED) is 0.103. The van der Waals surface area contributed by atoms with Crippen molar-refractivity contribution in [1.29, 1.82) is 0 Å². The molecule has 38 heavy (non-hydrogen) atoms. The molecule has 5 aromatic rings. The average molecular weight is 616 g/mol. The van der Waals surface area contributed by atoms with Gasteiger partial charge in [-0.25, -0.2) is 0 Å². The average Bonchev–Trinajstić information content (AvgIpc) is 2.90. The van der Waals surface area contributed by atoms with Gasteiger partial charge in [0.15, 0.2) is 0 Å². The van der Waals surface area contributed by atoms with Crippen LogP contribution in [0.3, 0.4) is 0 Å². The van der Waals surface area contributed by atoms with E-state index in [4.69, 9.17) is 0 Å². The summed E-state index contributed by atoms with van der Waals surface area (Å²) in [6, 6.07) is 27.7. The number of benzene rings is 5. The summed E-state index contributed by atoms with van der Waals surface area (Å²) in [6.45, 7) is 1.82. The third-order valence-electron chi connectivity index (χ3n) is 6.68. The Labute approximate surface area is 234 Å². The standard InChI is InChI=1S/C32H25IO5/c1-18-14-23(33)17-28(32(18)38)31(26-15-21(6-12-29(26)36)19-2-8-24(34)9-3-19)27-16-22(7-13-30(27)37)20-4-10-25(35)11-5-20/h2-17,31,34-38H,1H3. The van der Waals surface area contributed by atoms with E-state index in [9.17, 15) is 25.5 Å². The second-order valence-corrected chi connectivity index (χ2v) is 10.5. The molecule has 0 saturated carbocycles. The van der Waals surface area contributed by atoms with Crippen LogP contribution in [0.5, 0.6) is 28.7 Å². The molecule has 0 fully saturated rings. The van der Waals surface area contributed by atoms with Gasteiger partial charge >= 0.3 is 0 Å². The summed E-state index contributed by atoms with van der Waals surface area (Å²) in [4.78, 5) is 0. The van der Waals surface area contributed by atoms with Gasteiger partial charge < -0.3 is 25.5 Å². The summed E-state index contributed by atoms with van der Waals surface area (Å²) in [6.07, 6.45) is 0. The van der Waals surface area contributed by atoms with Crippen molar-refractivity contribution in [3.8, 4) is 51.0 Å². The molecule has 0 bridgehead atoms. The van der Waals surface area contributed by atoms with Gasteiger partial charge in [-0.05, 0) is 118 Å². The lowest BCUT2D eigenvalue weighted by Gasteiger charge is -2.24. The Balaban J connectivity index is 1.77. The highest BCUT2D eigenvalue weighted by Crippen LogP contribution is 2.46. The fourth-order valence-corrected chi connectivity index (χ4v) is 5.53. The Morgan fingerprint density at radius 2 is 0.921 bits per heavy atom. The number of hydrogen-bond donors (Lipinski definition) is 5. The first-order valence-electron chi connectivity index (χ1n) is 11.9. The lowest BCUT2D eigenvalue weighted by atomic mass is 9.81. The maximum atomic E-state index is 11.2. The van der Waals surface area contributed by atoms with Crippen LogP contribution in [0, 0.1) is 10.5 Å². The molecule has 0 aliphatic heterocycles. The molecule has 0 aliphatic rings. The Bertz CT molecular complexity index is 1530. The predicted octanol–water partition coefficient (Wildman–Crippen LogP) is 7.64. The minimum atomic E-state index is -0.711. The van der Waals surface area contributed by atoms with Gasteiger partial charge in [0.2, 0.25) is 0 Å². The molecule has 0 aliphatic carbocycles. The first kappa shape index (κ1) is 25.5. The molecule has 5 aromatic carbocycles. The van der Waals surface area contributed by atoms with Crippen LogP contribution in [0.4, 0.5) is 0 Å². The number of halogens is 1. The molecule has 190 valence electrons. The molecule has 0 amide bonds. The zero-order valence-electron chi connectivity index (χ0n) is 20.4. The number of hydrogen-bond acceptors (Lipinski definition) is 5. The molecule has 0 saturated heterocycles. The number of phenolic OH excluding ortho intramolecular Hbond substituents is 5. The Morgan fingerprint density at radius 1 is 0.500 bits per heavy atom. The topological polar surface area (TPSA) is 101 Å². The molecule has 5 rings (SSSR count). The van der Waals surface area contributed by atoms with Crippen LogP contribution < -0.4 is 0 Å². The van der Waals surface area contributed by atoms with Gasteiger partial charge in [0.25, 0.3) is 0 Å². The van der Waals surface area contributed by atoms with Gasteiger partial charge in [0.05, 0.1) is 0 Å². The molecular formula is C32H25IO5.